The number of anilines is 1. The molecule has 4 aromatic carbocycles. The quantitative estimate of drug-likeness (QED) is 0.231. The topological polar surface area (TPSA) is 75.7 Å². The molecule has 0 fully saturated rings. The minimum absolute atomic E-state index is 0.160. The van der Waals surface area contributed by atoms with E-state index in [4.69, 9.17) is 4.74 Å². The Morgan fingerprint density at radius 2 is 1.61 bits per heavy atom. The monoisotopic (exact) mass is 592 g/mol. The molecule has 1 N–H and O–H groups in total. The van der Waals surface area contributed by atoms with Crippen LogP contribution in [0.5, 0.6) is 5.75 Å². The minimum atomic E-state index is -3.83. The van der Waals surface area contributed by atoms with Gasteiger partial charge in [-0.15, -0.1) is 0 Å². The second-order valence-electron chi connectivity index (χ2n) is 8.94. The average molecular weight is 594 g/mol. The van der Waals surface area contributed by atoms with Crippen molar-refractivity contribution in [1.82, 2.24) is 5.32 Å². The Balaban J connectivity index is 1.47. The first kappa shape index (κ1) is 27.4. The van der Waals surface area contributed by atoms with Crippen LogP contribution in [0.4, 0.5) is 5.69 Å². The Morgan fingerprint density at radius 3 is 2.26 bits per heavy atom. The van der Waals surface area contributed by atoms with Crippen LogP contribution >= 0.6 is 15.9 Å². The molecule has 0 heterocycles. The molecule has 0 aliphatic heterocycles. The van der Waals surface area contributed by atoms with Crippen LogP contribution in [0.2, 0.25) is 0 Å². The van der Waals surface area contributed by atoms with Crippen molar-refractivity contribution in [2.75, 3.05) is 10.9 Å². The third-order valence-corrected chi connectivity index (χ3v) is 8.28. The van der Waals surface area contributed by atoms with Gasteiger partial charge in [0.25, 0.3) is 15.9 Å². The molecule has 0 unspecified atom stereocenters. The molecule has 1 atom stereocenters. The van der Waals surface area contributed by atoms with Crippen LogP contribution in [0.3, 0.4) is 0 Å². The minimum Gasteiger partial charge on any atom is -0.484 e. The van der Waals surface area contributed by atoms with Crippen molar-refractivity contribution < 1.29 is 17.9 Å². The largest absolute Gasteiger partial charge is 0.484 e. The number of nitrogens with zero attached hydrogens (tertiary/aromatic N) is 1. The fraction of sp³-hybridized carbons (Fsp3) is 0.167. The molecule has 0 aliphatic carbocycles. The van der Waals surface area contributed by atoms with Gasteiger partial charge in [0, 0.05) is 4.47 Å². The van der Waals surface area contributed by atoms with Crippen molar-refractivity contribution in [3.05, 3.63) is 124 Å². The summed E-state index contributed by atoms with van der Waals surface area (Å²) < 4.78 is 35.3. The van der Waals surface area contributed by atoms with E-state index in [0.29, 0.717) is 11.4 Å². The lowest BCUT2D eigenvalue weighted by Gasteiger charge is -2.25. The lowest BCUT2D eigenvalue weighted by Crippen LogP contribution is -2.31. The van der Waals surface area contributed by atoms with E-state index in [1.807, 2.05) is 68.4 Å². The Hall–Kier alpha value is -3.62. The highest BCUT2D eigenvalue weighted by Gasteiger charge is 2.25. The summed E-state index contributed by atoms with van der Waals surface area (Å²) in [5, 5.41) is 2.92. The van der Waals surface area contributed by atoms with E-state index >= 15 is 0 Å². The molecule has 0 spiro atoms. The van der Waals surface area contributed by atoms with E-state index in [2.05, 4.69) is 21.2 Å². The van der Waals surface area contributed by atoms with Gasteiger partial charge in [-0.25, -0.2) is 8.42 Å². The van der Waals surface area contributed by atoms with E-state index in [1.165, 1.54) is 4.31 Å². The van der Waals surface area contributed by atoms with Crippen LogP contribution in [-0.2, 0) is 21.4 Å². The van der Waals surface area contributed by atoms with Gasteiger partial charge in [0.05, 0.1) is 23.2 Å². The number of ether oxygens (including phenoxy) is 1. The maximum Gasteiger partial charge on any atom is 0.264 e. The first-order valence-corrected chi connectivity index (χ1v) is 14.4. The lowest BCUT2D eigenvalue weighted by atomic mass is 10.1. The molecule has 4 aromatic rings. The second-order valence-corrected chi connectivity index (χ2v) is 11.7. The molecular formula is C30H29BrN2O4S. The van der Waals surface area contributed by atoms with Gasteiger partial charge in [0.15, 0.2) is 6.61 Å². The molecule has 38 heavy (non-hydrogen) atoms. The second kappa shape index (κ2) is 12.3. The predicted molar refractivity (Wildman–Crippen MR) is 154 cm³/mol. The molecule has 0 saturated carbocycles. The summed E-state index contributed by atoms with van der Waals surface area (Å²) in [4.78, 5) is 12.7. The number of benzene rings is 4. The number of hydrogen-bond donors (Lipinski definition) is 1. The number of aryl methyl sites for hydroxylation is 1. The molecule has 0 saturated heterocycles. The van der Waals surface area contributed by atoms with Crippen LogP contribution in [-0.4, -0.2) is 20.9 Å². The molecule has 8 heteroatoms. The number of amides is 1. The van der Waals surface area contributed by atoms with Gasteiger partial charge in [-0.1, -0.05) is 76.1 Å². The summed E-state index contributed by atoms with van der Waals surface area (Å²) in [6.45, 7) is 3.84. The van der Waals surface area contributed by atoms with Crippen molar-refractivity contribution in [2.24, 2.45) is 0 Å². The maximum atomic E-state index is 13.6. The SMILES string of the molecule is Cc1ccc(S(=O)(=O)N(Cc2ccccc2)c2ccc(OCC(=O)N[C@H](C)c3cccc(Br)c3)cc2)cc1. The highest BCUT2D eigenvalue weighted by molar-refractivity contribution is 9.10. The fourth-order valence-corrected chi connectivity index (χ4v) is 5.77. The number of nitrogens with one attached hydrogen (secondary N) is 1. The Bertz CT molecular complexity index is 1480. The van der Waals surface area contributed by atoms with Gasteiger partial charge in [-0.2, -0.15) is 0 Å². The molecule has 0 aliphatic rings. The van der Waals surface area contributed by atoms with Crippen LogP contribution in [0.25, 0.3) is 0 Å². The summed E-state index contributed by atoms with van der Waals surface area (Å²) in [5.41, 5.74) is 3.31. The molecule has 6 nitrogen and oxygen atoms in total. The third-order valence-electron chi connectivity index (χ3n) is 6.00. The zero-order chi connectivity index (χ0) is 27.1. The van der Waals surface area contributed by atoms with Crippen molar-refractivity contribution in [1.29, 1.82) is 0 Å². The number of sulfonamides is 1. The van der Waals surface area contributed by atoms with Crippen LogP contribution in [0, 0.1) is 6.92 Å². The molecule has 0 bridgehead atoms. The zero-order valence-corrected chi connectivity index (χ0v) is 23.6. The van der Waals surface area contributed by atoms with Crippen LogP contribution in [0.1, 0.15) is 29.7 Å². The van der Waals surface area contributed by atoms with E-state index in [9.17, 15) is 13.2 Å². The van der Waals surface area contributed by atoms with E-state index in [0.717, 1.165) is 21.2 Å². The number of carbonyl (C=O) groups is 1. The summed E-state index contributed by atoms with van der Waals surface area (Å²) in [7, 11) is -3.83. The van der Waals surface area contributed by atoms with Gasteiger partial charge < -0.3 is 10.1 Å². The Labute approximate surface area is 232 Å². The normalized spacial score (nSPS) is 12.0. The van der Waals surface area contributed by atoms with Gasteiger partial charge >= 0.3 is 0 Å². The first-order chi connectivity index (χ1) is 18.2. The number of carbonyl (C=O) groups excluding carboxylic acids is 1. The number of hydrogen-bond acceptors (Lipinski definition) is 4. The molecule has 1 amide bonds. The fourth-order valence-electron chi connectivity index (χ4n) is 3.90. The molecule has 4 rings (SSSR count). The molecular weight excluding hydrogens is 564 g/mol. The van der Waals surface area contributed by atoms with Gasteiger partial charge in [-0.3, -0.25) is 9.10 Å². The summed E-state index contributed by atoms with van der Waals surface area (Å²) in [6.07, 6.45) is 0. The Kier molecular flexibility index (Phi) is 8.86. The van der Waals surface area contributed by atoms with Crippen molar-refractivity contribution >= 4 is 37.5 Å². The third kappa shape index (κ3) is 7.02. The standard InChI is InChI=1S/C30H29BrN2O4S/c1-22-11-17-29(18-12-22)38(35,36)33(20-24-7-4-3-5-8-24)27-13-15-28(16-14-27)37-21-30(34)32-23(2)25-9-6-10-26(31)19-25/h3-19,23H,20-21H2,1-2H3,(H,32,34)/t23-/m1/s1. The Morgan fingerprint density at radius 1 is 0.921 bits per heavy atom. The van der Waals surface area contributed by atoms with E-state index in [-0.39, 0.29) is 30.0 Å². The highest BCUT2D eigenvalue weighted by atomic mass is 79.9. The predicted octanol–water partition coefficient (Wildman–Crippen LogP) is 6.41. The van der Waals surface area contributed by atoms with E-state index in [1.54, 1.807) is 48.5 Å². The van der Waals surface area contributed by atoms with Gasteiger partial charge in [0.1, 0.15) is 5.75 Å². The van der Waals surface area contributed by atoms with Crippen LogP contribution < -0.4 is 14.4 Å². The molecule has 0 radical (unpaired) electrons. The smallest absolute Gasteiger partial charge is 0.264 e. The number of rotatable bonds is 10. The van der Waals surface area contributed by atoms with Crippen LogP contribution in [0.15, 0.2) is 112 Å². The summed E-state index contributed by atoms with van der Waals surface area (Å²) >= 11 is 3.44. The highest BCUT2D eigenvalue weighted by Crippen LogP contribution is 2.28. The van der Waals surface area contributed by atoms with Gasteiger partial charge in [0.2, 0.25) is 0 Å². The van der Waals surface area contributed by atoms with Crippen molar-refractivity contribution in [3.8, 4) is 5.75 Å². The average Bonchev–Trinajstić information content (AvgIpc) is 2.92. The van der Waals surface area contributed by atoms with Crippen molar-refractivity contribution in [3.63, 3.8) is 0 Å². The first-order valence-electron chi connectivity index (χ1n) is 12.1. The number of halogens is 1. The molecule has 0 aromatic heterocycles. The molecule has 196 valence electrons. The lowest BCUT2D eigenvalue weighted by molar-refractivity contribution is -0.123. The van der Waals surface area contributed by atoms with E-state index < -0.39 is 10.0 Å². The zero-order valence-electron chi connectivity index (χ0n) is 21.2. The van der Waals surface area contributed by atoms with Crippen molar-refractivity contribution in [2.45, 2.75) is 31.3 Å². The summed E-state index contributed by atoms with van der Waals surface area (Å²) in [5.74, 6) is 0.209. The summed E-state index contributed by atoms with van der Waals surface area (Å²) in [6, 6.07) is 30.5. The van der Waals surface area contributed by atoms with Gasteiger partial charge in [-0.05, 0) is 73.5 Å². The maximum absolute atomic E-state index is 13.6.